The molecule has 7 nitrogen and oxygen atoms in total. The Balaban J connectivity index is 2.41. The number of nitrogens with zero attached hydrogens (tertiary/aromatic N) is 1. The van der Waals surface area contributed by atoms with Crippen LogP contribution in [0.4, 0.5) is 5.69 Å². The van der Waals surface area contributed by atoms with Crippen molar-refractivity contribution in [3.05, 3.63) is 40.1 Å². The molecule has 7 heteroatoms. The van der Waals surface area contributed by atoms with Gasteiger partial charge in [-0.3, -0.25) is 19.7 Å². The Labute approximate surface area is 107 Å². The molecule has 0 amide bonds. The Kier molecular flexibility index (Phi) is 3.28. The predicted octanol–water partition coefficient (Wildman–Crippen LogP) is 2.12. The maximum atomic E-state index is 11.9. The average Bonchev–Trinajstić information content (AvgIpc) is 2.79. The quantitative estimate of drug-likeness (QED) is 0.486. The fourth-order valence-electron chi connectivity index (χ4n) is 1.88. The number of hydrogen-bond donors (Lipinski definition) is 2. The van der Waals surface area contributed by atoms with Gasteiger partial charge in [-0.15, -0.1) is 0 Å². The minimum Gasteiger partial charge on any atom is -0.481 e. The predicted molar refractivity (Wildman–Crippen MR) is 66.2 cm³/mol. The first-order valence-electron chi connectivity index (χ1n) is 5.50. The number of carbonyl (C=O) groups is 2. The van der Waals surface area contributed by atoms with Crippen LogP contribution >= 0.6 is 0 Å². The molecule has 0 aliphatic rings. The summed E-state index contributed by atoms with van der Waals surface area (Å²) >= 11 is 0. The topological polar surface area (TPSA) is 113 Å². The van der Waals surface area contributed by atoms with Gasteiger partial charge in [-0.05, 0) is 0 Å². The number of Topliss-reactive ketones (excluding diaryl/α,β-unsaturated/α-hetero) is 1. The highest BCUT2D eigenvalue weighted by atomic mass is 16.6. The number of aromatic nitrogens is 1. The van der Waals surface area contributed by atoms with Crippen molar-refractivity contribution in [2.24, 2.45) is 0 Å². The minimum atomic E-state index is -1.06. The van der Waals surface area contributed by atoms with E-state index < -0.39 is 10.9 Å². The van der Waals surface area contributed by atoms with Crippen LogP contribution in [0.1, 0.15) is 23.2 Å². The van der Waals surface area contributed by atoms with Gasteiger partial charge < -0.3 is 10.1 Å². The summed E-state index contributed by atoms with van der Waals surface area (Å²) in [5.74, 6) is -1.41. The fourth-order valence-corrected chi connectivity index (χ4v) is 1.88. The van der Waals surface area contributed by atoms with E-state index in [1.807, 2.05) is 0 Å². The lowest BCUT2D eigenvalue weighted by molar-refractivity contribution is -0.383. The molecule has 2 rings (SSSR count). The number of fused-ring (bicyclic) bond motifs is 1. The second-order valence-corrected chi connectivity index (χ2v) is 3.98. The molecule has 0 atom stereocenters. The average molecular weight is 262 g/mol. The molecule has 1 aromatic heterocycles. The summed E-state index contributed by atoms with van der Waals surface area (Å²) in [6.45, 7) is 0. The zero-order valence-electron chi connectivity index (χ0n) is 9.75. The molecule has 0 aliphatic heterocycles. The summed E-state index contributed by atoms with van der Waals surface area (Å²) in [5, 5.41) is 19.8. The molecule has 0 fully saturated rings. The van der Waals surface area contributed by atoms with E-state index in [2.05, 4.69) is 4.98 Å². The molecule has 2 N–H and O–H groups in total. The number of aromatic amines is 1. The Morgan fingerprint density at radius 3 is 2.68 bits per heavy atom. The summed E-state index contributed by atoms with van der Waals surface area (Å²) in [5.41, 5.74) is 0.431. The molecule has 0 unspecified atom stereocenters. The lowest BCUT2D eigenvalue weighted by Crippen LogP contribution is -2.03. The van der Waals surface area contributed by atoms with Crippen molar-refractivity contribution in [2.45, 2.75) is 12.8 Å². The Bertz CT molecular complexity index is 674. The third-order valence-electron chi connectivity index (χ3n) is 2.76. The summed E-state index contributed by atoms with van der Waals surface area (Å²) in [6, 6.07) is 4.42. The maximum Gasteiger partial charge on any atom is 0.303 e. The maximum absolute atomic E-state index is 11.9. The van der Waals surface area contributed by atoms with Crippen LogP contribution in [-0.4, -0.2) is 26.8 Å². The Hall–Kier alpha value is -2.70. The van der Waals surface area contributed by atoms with Gasteiger partial charge in [0.15, 0.2) is 5.78 Å². The van der Waals surface area contributed by atoms with Crippen LogP contribution < -0.4 is 0 Å². The van der Waals surface area contributed by atoms with Crippen molar-refractivity contribution >= 4 is 28.3 Å². The van der Waals surface area contributed by atoms with Crippen molar-refractivity contribution in [1.82, 2.24) is 4.98 Å². The van der Waals surface area contributed by atoms with Gasteiger partial charge in [-0.25, -0.2) is 0 Å². The number of nitro groups is 1. The van der Waals surface area contributed by atoms with E-state index >= 15 is 0 Å². The number of carboxylic acid groups (broad SMARTS) is 1. The first-order chi connectivity index (χ1) is 9.00. The van der Waals surface area contributed by atoms with Gasteiger partial charge in [0.25, 0.3) is 5.69 Å². The van der Waals surface area contributed by atoms with Gasteiger partial charge in [0, 0.05) is 29.6 Å². The highest BCUT2D eigenvalue weighted by Crippen LogP contribution is 2.27. The first kappa shape index (κ1) is 12.7. The zero-order chi connectivity index (χ0) is 14.0. The van der Waals surface area contributed by atoms with Crippen LogP contribution in [-0.2, 0) is 4.79 Å². The van der Waals surface area contributed by atoms with Crippen molar-refractivity contribution in [1.29, 1.82) is 0 Å². The van der Waals surface area contributed by atoms with Gasteiger partial charge in [0.2, 0.25) is 0 Å². The number of nitro benzene ring substituents is 1. The Morgan fingerprint density at radius 1 is 1.32 bits per heavy atom. The molecule has 0 bridgehead atoms. The number of non-ortho nitro benzene ring substituents is 1. The molecular weight excluding hydrogens is 252 g/mol. The highest BCUT2D eigenvalue weighted by Gasteiger charge is 2.18. The molecule has 2 aromatic rings. The van der Waals surface area contributed by atoms with Crippen LogP contribution in [0.5, 0.6) is 0 Å². The normalized spacial score (nSPS) is 10.5. The van der Waals surface area contributed by atoms with Crippen molar-refractivity contribution in [3.8, 4) is 0 Å². The van der Waals surface area contributed by atoms with Crippen LogP contribution in [0.2, 0.25) is 0 Å². The molecular formula is C12H10N2O5. The number of para-hydroxylation sites is 1. The fraction of sp³-hybridized carbons (Fsp3) is 0.167. The van der Waals surface area contributed by atoms with Crippen LogP contribution in [0, 0.1) is 10.1 Å². The van der Waals surface area contributed by atoms with E-state index in [-0.39, 0.29) is 35.4 Å². The summed E-state index contributed by atoms with van der Waals surface area (Å²) in [6.07, 6.45) is 0.979. The van der Waals surface area contributed by atoms with Crippen molar-refractivity contribution in [3.63, 3.8) is 0 Å². The molecule has 0 radical (unpaired) electrons. The zero-order valence-corrected chi connectivity index (χ0v) is 9.75. The van der Waals surface area contributed by atoms with E-state index in [1.165, 1.54) is 18.3 Å². The van der Waals surface area contributed by atoms with Crippen LogP contribution in [0.3, 0.4) is 0 Å². The third kappa shape index (κ3) is 2.44. The number of ketones is 1. The minimum absolute atomic E-state index is 0.116. The third-order valence-corrected chi connectivity index (χ3v) is 2.76. The summed E-state index contributed by atoms with van der Waals surface area (Å²) < 4.78 is 0. The number of benzene rings is 1. The molecule has 0 saturated heterocycles. The largest absolute Gasteiger partial charge is 0.481 e. The van der Waals surface area contributed by atoms with Crippen LogP contribution in [0.15, 0.2) is 24.4 Å². The number of aliphatic carboxylic acids is 1. The molecule has 0 aliphatic carbocycles. The van der Waals surface area contributed by atoms with Crippen LogP contribution in [0.25, 0.3) is 10.9 Å². The number of H-pyrrole nitrogens is 1. The Morgan fingerprint density at radius 2 is 2.05 bits per heavy atom. The van der Waals surface area contributed by atoms with Crippen molar-refractivity contribution in [2.75, 3.05) is 0 Å². The molecule has 1 aromatic carbocycles. The molecule has 0 spiro atoms. The lowest BCUT2D eigenvalue weighted by atomic mass is 10.1. The number of carboxylic acids is 1. The molecule has 19 heavy (non-hydrogen) atoms. The van der Waals surface area contributed by atoms with E-state index in [1.54, 1.807) is 6.07 Å². The van der Waals surface area contributed by atoms with Gasteiger partial charge in [-0.1, -0.05) is 12.1 Å². The van der Waals surface area contributed by atoms with E-state index in [0.29, 0.717) is 5.39 Å². The molecule has 0 saturated carbocycles. The van der Waals surface area contributed by atoms with E-state index in [4.69, 9.17) is 5.11 Å². The van der Waals surface area contributed by atoms with Gasteiger partial charge in [0.1, 0.15) is 5.52 Å². The second-order valence-electron chi connectivity index (χ2n) is 3.98. The lowest BCUT2D eigenvalue weighted by Gasteiger charge is -1.97. The van der Waals surface area contributed by atoms with Gasteiger partial charge >= 0.3 is 5.97 Å². The molecule has 98 valence electrons. The molecule has 1 heterocycles. The number of nitrogens with one attached hydrogen (secondary N) is 1. The van der Waals surface area contributed by atoms with Crippen molar-refractivity contribution < 1.29 is 19.6 Å². The smallest absolute Gasteiger partial charge is 0.303 e. The highest BCUT2D eigenvalue weighted by molar-refractivity contribution is 6.10. The van der Waals surface area contributed by atoms with Gasteiger partial charge in [0.05, 0.1) is 11.3 Å². The standard InChI is InChI=1S/C12H10N2O5/c15-10(4-5-11(16)17)8-6-13-12-7(8)2-1-3-9(12)14(18)19/h1-3,6,13H,4-5H2,(H,16,17). The summed E-state index contributed by atoms with van der Waals surface area (Å²) in [7, 11) is 0. The number of hydrogen-bond acceptors (Lipinski definition) is 4. The number of rotatable bonds is 5. The number of carbonyl (C=O) groups excluding carboxylic acids is 1. The summed E-state index contributed by atoms with van der Waals surface area (Å²) in [4.78, 5) is 35.3. The monoisotopic (exact) mass is 262 g/mol. The van der Waals surface area contributed by atoms with Gasteiger partial charge in [-0.2, -0.15) is 0 Å². The van der Waals surface area contributed by atoms with E-state index in [0.717, 1.165) is 0 Å². The van der Waals surface area contributed by atoms with E-state index in [9.17, 15) is 19.7 Å². The SMILES string of the molecule is O=C(O)CCC(=O)c1c[nH]c2c([N+](=O)[O-])cccc12. The first-order valence-corrected chi connectivity index (χ1v) is 5.50. The second kappa shape index (κ2) is 4.89.